The molecule has 0 spiro atoms. The zero-order valence-corrected chi connectivity index (χ0v) is 44.6. The minimum Gasteiger partial charge on any atom is -0.164 e. The fourth-order valence-corrected chi connectivity index (χ4v) is 11.5. The quantitative estimate of drug-likeness (QED) is 0.105. The van der Waals surface area contributed by atoms with E-state index in [1.54, 1.807) is 22.3 Å². The molecule has 0 aliphatic heterocycles. The van der Waals surface area contributed by atoms with Crippen LogP contribution in [-0.2, 0) is 36.2 Å². The fourth-order valence-electron chi connectivity index (χ4n) is 11.5. The van der Waals surface area contributed by atoms with Crippen molar-refractivity contribution in [1.29, 1.82) is 0 Å². The van der Waals surface area contributed by atoms with Crippen LogP contribution in [0, 0.1) is 26.2 Å². The Labute approximate surface area is 419 Å². The Bertz CT molecular complexity index is 2020. The van der Waals surface area contributed by atoms with Gasteiger partial charge < -0.3 is 14.4 Å². The van der Waals surface area contributed by atoms with E-state index in [0.29, 0.717) is 0 Å². The first kappa shape index (κ1) is 54.4. The maximum absolute atomic E-state index is 3.49. The monoisotopic (exact) mass is 986 g/mol. The van der Waals surface area contributed by atoms with Gasteiger partial charge in [0.15, 0.2) is 0 Å². The molecule has 4 fully saturated rings. The molecule has 0 N–H and O–H groups in total. The summed E-state index contributed by atoms with van der Waals surface area (Å²) >= 11 is 1.36. The van der Waals surface area contributed by atoms with E-state index < -0.39 is 0 Å². The van der Waals surface area contributed by atoms with Crippen molar-refractivity contribution in [2.75, 3.05) is 0 Å². The summed E-state index contributed by atoms with van der Waals surface area (Å²) in [6, 6.07) is 42.6. The molecule has 0 aromatic heterocycles. The largest absolute Gasteiger partial charge is 0.164 e. The first-order chi connectivity index (χ1) is 30.1. The molecule has 0 nitrogen and oxygen atoms in total. The number of hydrogen-bond donors (Lipinski definition) is 0. The molecule has 4 heteroatoms. The molecule has 6 aromatic rings. The molecule has 4 saturated carbocycles. The Balaban J connectivity index is 0.000000245. The van der Waals surface area contributed by atoms with Gasteiger partial charge in [0.25, 0.3) is 0 Å². The van der Waals surface area contributed by atoms with Crippen molar-refractivity contribution in [2.45, 2.75) is 166 Å². The molecule has 0 amide bonds. The predicted molar refractivity (Wildman–Crippen MR) is 284 cm³/mol. The molecule has 0 heterocycles. The third-order valence-electron chi connectivity index (χ3n) is 14.7. The van der Waals surface area contributed by atoms with Gasteiger partial charge in [-0.15, -0.1) is 93.9 Å². The molecule has 0 bridgehead atoms. The smallest absolute Gasteiger partial charge is 0.0162 e. The van der Waals surface area contributed by atoms with Crippen molar-refractivity contribution in [3.63, 3.8) is 0 Å². The van der Waals surface area contributed by atoms with E-state index in [1.165, 1.54) is 208 Å². The van der Waals surface area contributed by atoms with E-state index in [9.17, 15) is 0 Å². The van der Waals surface area contributed by atoms with Gasteiger partial charge >= 0.3 is 30.2 Å². The van der Waals surface area contributed by atoms with Crippen LogP contribution in [0.15, 0.2) is 109 Å². The Morgan fingerprint density at radius 3 is 1.12 bits per heavy atom. The van der Waals surface area contributed by atoms with Crippen molar-refractivity contribution in [2.24, 2.45) is 11.8 Å². The molecule has 2 radical (unpaired) electrons. The SMILES string of the molecule is Cl.Cl.[CH2-]CC.[CH3-].[Si]=[Zr].c1cc(-c2ccc(C3CCCCC3)cc2)c2cc(CC3CCCCC3)[cH-]c2c1.c1cc(-c2ccc(C3CCCCC3)cc2)c2cc(CC3CCCCC3)[cH-]c2c1. The van der Waals surface area contributed by atoms with E-state index in [-0.39, 0.29) is 32.2 Å². The number of hydrogen-bond acceptors (Lipinski definition) is 0. The molecule has 4 aliphatic rings. The summed E-state index contributed by atoms with van der Waals surface area (Å²) < 4.78 is 0. The van der Waals surface area contributed by atoms with E-state index in [4.69, 9.17) is 0 Å². The average Bonchev–Trinajstić information content (AvgIpc) is 3.95. The first-order valence-corrected chi connectivity index (χ1v) is 29.0. The van der Waals surface area contributed by atoms with Crippen molar-refractivity contribution < 1.29 is 23.3 Å². The topological polar surface area (TPSA) is 0 Å². The molecule has 344 valence electrons. The van der Waals surface area contributed by atoms with Crippen LogP contribution in [0.3, 0.4) is 0 Å². The maximum atomic E-state index is 3.49. The minimum atomic E-state index is 0. The standard InChI is InChI=1S/2C28H33.C3H7.CH3.2ClH.Si.Zr/c2*1-3-8-21(9-4-1)18-22-19-26-12-7-13-27(28(26)20-22)25-16-14-24(15-17-25)23-10-5-2-6-11-23;1-3-2;;;;;/h2*7,12-17,19-21,23H,1-6,8-11,18H2;1,3H2,2H3;1H3;2*1H;;/q4*-1;;;;. The maximum Gasteiger partial charge on any atom is -0.0162 e. The molecule has 0 saturated heterocycles. The van der Waals surface area contributed by atoms with Crippen molar-refractivity contribution in [3.8, 4) is 22.3 Å². The van der Waals surface area contributed by atoms with E-state index in [0.717, 1.165) is 30.1 Å². The van der Waals surface area contributed by atoms with Crippen LogP contribution >= 0.6 is 24.8 Å². The molecular weight excluding hydrogens is 911 g/mol. The van der Waals surface area contributed by atoms with Gasteiger partial charge in [-0.25, -0.2) is 0 Å². The van der Waals surface area contributed by atoms with E-state index in [2.05, 4.69) is 123 Å². The third kappa shape index (κ3) is 14.9. The predicted octanol–water partition coefficient (Wildman–Crippen LogP) is 18.9. The summed E-state index contributed by atoms with van der Waals surface area (Å²) in [5, 5.41) is 5.72. The van der Waals surface area contributed by atoms with Crippen LogP contribution < -0.4 is 0 Å². The van der Waals surface area contributed by atoms with Gasteiger partial charge in [-0.05, 0) is 84.5 Å². The Hall–Kier alpha value is -2.22. The second kappa shape index (κ2) is 28.8. The minimum absolute atomic E-state index is 0. The molecule has 10 rings (SSSR count). The number of rotatable bonds is 8. The van der Waals surface area contributed by atoms with Crippen molar-refractivity contribution in [1.82, 2.24) is 0 Å². The van der Waals surface area contributed by atoms with Gasteiger partial charge in [-0.1, -0.05) is 181 Å². The van der Waals surface area contributed by atoms with Gasteiger partial charge in [0.2, 0.25) is 0 Å². The van der Waals surface area contributed by atoms with E-state index >= 15 is 0 Å². The second-order valence-corrected chi connectivity index (χ2v) is 19.2. The van der Waals surface area contributed by atoms with Crippen LogP contribution in [0.25, 0.3) is 43.8 Å². The van der Waals surface area contributed by atoms with Gasteiger partial charge in [0, 0.05) is 0 Å². The molecule has 6 aromatic carbocycles. The van der Waals surface area contributed by atoms with Gasteiger partial charge in [0.05, 0.1) is 0 Å². The Kier molecular flexibility index (Phi) is 24.5. The Morgan fingerprint density at radius 1 is 0.484 bits per heavy atom. The summed E-state index contributed by atoms with van der Waals surface area (Å²) in [6.45, 7) is 8.56. The van der Waals surface area contributed by atoms with Crippen LogP contribution in [0.2, 0.25) is 0 Å². The van der Waals surface area contributed by atoms with Crippen LogP contribution in [0.1, 0.15) is 176 Å². The van der Waals surface area contributed by atoms with Crippen LogP contribution in [-0.4, -0.2) is 6.88 Å². The molecule has 4 aliphatic carbocycles. The van der Waals surface area contributed by atoms with Crippen molar-refractivity contribution in [3.05, 3.63) is 146 Å². The first-order valence-electron chi connectivity index (χ1n) is 24.8. The average molecular weight is 989 g/mol. The zero-order chi connectivity index (χ0) is 42.2. The van der Waals surface area contributed by atoms with Gasteiger partial charge in [-0.2, -0.15) is 18.6 Å². The zero-order valence-electron chi connectivity index (χ0n) is 39.5. The van der Waals surface area contributed by atoms with Gasteiger partial charge in [-0.3, -0.25) is 0 Å². The fraction of sp³-hybridized carbons (Fsp3) is 0.467. The summed E-state index contributed by atoms with van der Waals surface area (Å²) in [7, 11) is 0. The molecular formula is C60H78Cl2SiZr-4. The summed E-state index contributed by atoms with van der Waals surface area (Å²) in [5.74, 6) is 3.40. The van der Waals surface area contributed by atoms with Crippen LogP contribution in [0.5, 0.6) is 0 Å². The molecule has 0 atom stereocenters. The van der Waals surface area contributed by atoms with Crippen molar-refractivity contribution >= 4 is 53.2 Å². The van der Waals surface area contributed by atoms with E-state index in [1.807, 2.05) is 6.92 Å². The second-order valence-electron chi connectivity index (χ2n) is 19.2. The summed E-state index contributed by atoms with van der Waals surface area (Å²) in [6.07, 6.45) is 31.9. The summed E-state index contributed by atoms with van der Waals surface area (Å²) in [4.78, 5) is 0. The summed E-state index contributed by atoms with van der Waals surface area (Å²) in [5.41, 5.74) is 11.8. The van der Waals surface area contributed by atoms with Crippen LogP contribution in [0.4, 0.5) is 0 Å². The molecule has 0 unspecified atom stereocenters. The Morgan fingerprint density at radius 2 is 0.797 bits per heavy atom. The van der Waals surface area contributed by atoms with Gasteiger partial charge in [0.1, 0.15) is 0 Å². The number of fused-ring (bicyclic) bond motifs is 2. The number of benzene rings is 4. The number of halogens is 2. The normalized spacial score (nSPS) is 17.2. The third-order valence-corrected chi connectivity index (χ3v) is 14.7. The molecule has 64 heavy (non-hydrogen) atoms.